The molecule has 0 spiro atoms. The number of nitrogens with zero attached hydrogens (tertiary/aromatic N) is 3. The molecule has 0 aliphatic rings. The molecule has 0 saturated carbocycles. The molecular formula is C18H19ClN4O3. The molecule has 0 unspecified atom stereocenters. The minimum atomic E-state index is -0.767. The number of carbonyl (C=O) groups is 1. The SMILES string of the molecule is CC[C@@H](NC(=O)Cn1c(=O)c(C#N)cn(CC)c1=O)c1ccc(Cl)cc1. The number of hydrogen-bond donors (Lipinski definition) is 1. The van der Waals surface area contributed by atoms with Gasteiger partial charge in [-0.05, 0) is 31.0 Å². The highest BCUT2D eigenvalue weighted by atomic mass is 35.5. The Morgan fingerprint density at radius 3 is 2.46 bits per heavy atom. The Balaban J connectivity index is 2.27. The lowest BCUT2D eigenvalue weighted by Crippen LogP contribution is -2.44. The normalized spacial score (nSPS) is 11.6. The zero-order chi connectivity index (χ0) is 19.3. The van der Waals surface area contributed by atoms with Gasteiger partial charge >= 0.3 is 5.69 Å². The van der Waals surface area contributed by atoms with E-state index < -0.39 is 23.7 Å². The molecule has 1 heterocycles. The second kappa shape index (κ2) is 8.50. The average Bonchev–Trinajstić information content (AvgIpc) is 2.64. The van der Waals surface area contributed by atoms with Crippen molar-refractivity contribution in [3.8, 4) is 6.07 Å². The third kappa shape index (κ3) is 4.21. The molecule has 1 aromatic heterocycles. The fourth-order valence-corrected chi connectivity index (χ4v) is 2.72. The van der Waals surface area contributed by atoms with E-state index in [2.05, 4.69) is 5.32 Å². The summed E-state index contributed by atoms with van der Waals surface area (Å²) in [5.74, 6) is -0.483. The molecular weight excluding hydrogens is 356 g/mol. The van der Waals surface area contributed by atoms with Gasteiger partial charge in [0.15, 0.2) is 0 Å². The number of hydrogen-bond acceptors (Lipinski definition) is 4. The van der Waals surface area contributed by atoms with Crippen molar-refractivity contribution in [1.82, 2.24) is 14.5 Å². The molecule has 1 atom stereocenters. The van der Waals surface area contributed by atoms with Crippen molar-refractivity contribution in [1.29, 1.82) is 5.26 Å². The van der Waals surface area contributed by atoms with E-state index in [0.717, 1.165) is 10.1 Å². The molecule has 7 nitrogen and oxygen atoms in total. The molecule has 0 saturated heterocycles. The number of amides is 1. The molecule has 0 aliphatic carbocycles. The van der Waals surface area contributed by atoms with E-state index in [1.807, 2.05) is 19.1 Å². The average molecular weight is 375 g/mol. The number of aromatic nitrogens is 2. The van der Waals surface area contributed by atoms with Gasteiger partial charge in [-0.15, -0.1) is 0 Å². The smallest absolute Gasteiger partial charge is 0.331 e. The lowest BCUT2D eigenvalue weighted by atomic mass is 10.0. The van der Waals surface area contributed by atoms with E-state index >= 15 is 0 Å². The number of halogens is 1. The van der Waals surface area contributed by atoms with Crippen LogP contribution in [0.25, 0.3) is 0 Å². The molecule has 2 rings (SSSR count). The molecule has 8 heteroatoms. The van der Waals surface area contributed by atoms with E-state index in [9.17, 15) is 14.4 Å². The van der Waals surface area contributed by atoms with Crippen molar-refractivity contribution in [2.45, 2.75) is 39.4 Å². The summed E-state index contributed by atoms with van der Waals surface area (Å²) in [6, 6.07) is 8.56. The van der Waals surface area contributed by atoms with Crippen LogP contribution in [0.3, 0.4) is 0 Å². The summed E-state index contributed by atoms with van der Waals surface area (Å²) in [6.45, 7) is 3.46. The minimum Gasteiger partial charge on any atom is -0.348 e. The van der Waals surface area contributed by atoms with Crippen LogP contribution in [-0.2, 0) is 17.9 Å². The van der Waals surface area contributed by atoms with Crippen LogP contribution in [0.15, 0.2) is 40.1 Å². The van der Waals surface area contributed by atoms with Gasteiger partial charge in [0.1, 0.15) is 18.2 Å². The van der Waals surface area contributed by atoms with Crippen LogP contribution in [0.4, 0.5) is 0 Å². The van der Waals surface area contributed by atoms with Gasteiger partial charge in [-0.1, -0.05) is 30.7 Å². The van der Waals surface area contributed by atoms with E-state index in [1.54, 1.807) is 25.1 Å². The maximum Gasteiger partial charge on any atom is 0.331 e. The monoisotopic (exact) mass is 374 g/mol. The highest BCUT2D eigenvalue weighted by Crippen LogP contribution is 2.19. The fourth-order valence-electron chi connectivity index (χ4n) is 2.60. The fraction of sp³-hybridized carbons (Fsp3) is 0.333. The number of benzene rings is 1. The Kier molecular flexibility index (Phi) is 6.36. The topological polar surface area (TPSA) is 96.9 Å². The Morgan fingerprint density at radius 1 is 1.27 bits per heavy atom. The summed E-state index contributed by atoms with van der Waals surface area (Å²) in [6.07, 6.45) is 1.83. The molecule has 0 radical (unpaired) electrons. The van der Waals surface area contributed by atoms with Crippen molar-refractivity contribution >= 4 is 17.5 Å². The second-order valence-electron chi connectivity index (χ2n) is 5.69. The van der Waals surface area contributed by atoms with E-state index in [1.165, 1.54) is 10.8 Å². The molecule has 1 aromatic carbocycles. The van der Waals surface area contributed by atoms with Gasteiger partial charge in [-0.2, -0.15) is 5.26 Å². The number of aryl methyl sites for hydroxylation is 1. The van der Waals surface area contributed by atoms with Gasteiger partial charge in [0.25, 0.3) is 5.56 Å². The summed E-state index contributed by atoms with van der Waals surface area (Å²) < 4.78 is 2.01. The third-order valence-electron chi connectivity index (χ3n) is 4.02. The zero-order valence-corrected chi connectivity index (χ0v) is 15.3. The Labute approximate surface area is 155 Å². The van der Waals surface area contributed by atoms with Gasteiger partial charge < -0.3 is 5.32 Å². The van der Waals surface area contributed by atoms with Crippen LogP contribution in [0.2, 0.25) is 5.02 Å². The highest BCUT2D eigenvalue weighted by Gasteiger charge is 2.17. The predicted molar refractivity (Wildman–Crippen MR) is 98.0 cm³/mol. The van der Waals surface area contributed by atoms with Crippen LogP contribution in [0, 0.1) is 11.3 Å². The number of nitriles is 1. The van der Waals surface area contributed by atoms with E-state index in [-0.39, 0.29) is 18.2 Å². The summed E-state index contributed by atoms with van der Waals surface area (Å²) >= 11 is 5.88. The van der Waals surface area contributed by atoms with Gasteiger partial charge in [-0.3, -0.25) is 14.2 Å². The van der Waals surface area contributed by atoms with Crippen molar-refractivity contribution < 1.29 is 4.79 Å². The number of nitrogens with one attached hydrogen (secondary N) is 1. The Bertz CT molecular complexity index is 954. The Morgan fingerprint density at radius 2 is 1.92 bits per heavy atom. The quantitative estimate of drug-likeness (QED) is 0.834. The van der Waals surface area contributed by atoms with Gasteiger partial charge in [-0.25, -0.2) is 9.36 Å². The lowest BCUT2D eigenvalue weighted by molar-refractivity contribution is -0.122. The van der Waals surface area contributed by atoms with Crippen LogP contribution in [0.5, 0.6) is 0 Å². The molecule has 0 fully saturated rings. The lowest BCUT2D eigenvalue weighted by Gasteiger charge is -2.18. The second-order valence-corrected chi connectivity index (χ2v) is 6.13. The Hall–Kier alpha value is -2.85. The molecule has 26 heavy (non-hydrogen) atoms. The largest absolute Gasteiger partial charge is 0.348 e. The van der Waals surface area contributed by atoms with Crippen LogP contribution in [-0.4, -0.2) is 15.0 Å². The summed E-state index contributed by atoms with van der Waals surface area (Å²) in [7, 11) is 0. The van der Waals surface area contributed by atoms with Gasteiger partial charge in [0, 0.05) is 17.8 Å². The molecule has 0 bridgehead atoms. The standard InChI is InChI=1S/C18H19ClN4O3/c1-3-15(12-5-7-14(19)8-6-12)21-16(24)11-23-17(25)13(9-20)10-22(4-2)18(23)26/h5-8,10,15H,3-4,11H2,1-2H3,(H,21,24)/t15-/m1/s1. The highest BCUT2D eigenvalue weighted by molar-refractivity contribution is 6.30. The summed E-state index contributed by atoms with van der Waals surface area (Å²) in [5, 5.41) is 12.5. The zero-order valence-electron chi connectivity index (χ0n) is 14.5. The third-order valence-corrected chi connectivity index (χ3v) is 4.27. The van der Waals surface area contributed by atoms with Gasteiger partial charge in [0.05, 0.1) is 6.04 Å². The minimum absolute atomic E-state index is 0.177. The van der Waals surface area contributed by atoms with Crippen LogP contribution >= 0.6 is 11.6 Å². The van der Waals surface area contributed by atoms with Crippen LogP contribution < -0.4 is 16.6 Å². The molecule has 1 N–H and O–H groups in total. The number of carbonyl (C=O) groups excluding carboxylic acids is 1. The van der Waals surface area contributed by atoms with Gasteiger partial charge in [0.2, 0.25) is 5.91 Å². The molecule has 0 aliphatic heterocycles. The van der Waals surface area contributed by atoms with Crippen molar-refractivity contribution in [3.63, 3.8) is 0 Å². The first-order chi connectivity index (χ1) is 12.4. The molecule has 136 valence electrons. The molecule has 2 aromatic rings. The first-order valence-electron chi connectivity index (χ1n) is 8.20. The maximum atomic E-state index is 12.4. The van der Waals surface area contributed by atoms with Crippen molar-refractivity contribution in [3.05, 3.63) is 67.4 Å². The van der Waals surface area contributed by atoms with Crippen LogP contribution in [0.1, 0.15) is 37.4 Å². The van der Waals surface area contributed by atoms with Crippen molar-refractivity contribution in [2.24, 2.45) is 0 Å². The summed E-state index contributed by atoms with van der Waals surface area (Å²) in [4.78, 5) is 36.9. The summed E-state index contributed by atoms with van der Waals surface area (Å²) in [5.41, 5.74) is -0.693. The predicted octanol–water partition coefficient (Wildman–Crippen LogP) is 1.82. The first kappa shape index (κ1) is 19.5. The first-order valence-corrected chi connectivity index (χ1v) is 8.58. The molecule has 1 amide bonds. The number of rotatable bonds is 6. The van der Waals surface area contributed by atoms with E-state index in [4.69, 9.17) is 16.9 Å². The maximum absolute atomic E-state index is 12.4. The van der Waals surface area contributed by atoms with E-state index in [0.29, 0.717) is 11.4 Å². The van der Waals surface area contributed by atoms with Crippen molar-refractivity contribution in [2.75, 3.05) is 0 Å².